The van der Waals surface area contributed by atoms with Gasteiger partial charge in [-0.25, -0.2) is 0 Å². The van der Waals surface area contributed by atoms with Crippen molar-refractivity contribution in [3.8, 4) is 0 Å². The first-order chi connectivity index (χ1) is 27.7. The second-order valence-electron chi connectivity index (χ2n) is 17.4. The monoisotopic (exact) mass is 809 g/mol. The van der Waals surface area contributed by atoms with Crippen molar-refractivity contribution in [3.05, 3.63) is 41.7 Å². The highest BCUT2D eigenvalue weighted by Crippen LogP contribution is 2.33. The van der Waals surface area contributed by atoms with Crippen molar-refractivity contribution in [2.24, 2.45) is 29.6 Å². The summed E-state index contributed by atoms with van der Waals surface area (Å²) in [5.74, 6) is -0.767. The minimum Gasteiger partial charge on any atom is -0.379 e. The van der Waals surface area contributed by atoms with Crippen molar-refractivity contribution in [1.82, 2.24) is 40.6 Å². The number of methoxy groups -OCH3 is 2. The first-order valence-electron chi connectivity index (χ1n) is 21.6. The first-order valence-corrected chi connectivity index (χ1v) is 21.6. The molecule has 1 aromatic heterocycles. The fourth-order valence-electron chi connectivity index (χ4n) is 9.43. The number of ether oxygens (including phenoxy) is 2. The number of piperazine rings is 1. The summed E-state index contributed by atoms with van der Waals surface area (Å²) in [6.07, 6.45) is 2.19. The van der Waals surface area contributed by atoms with Crippen LogP contribution in [0, 0.1) is 29.6 Å². The molecule has 2 aliphatic rings. The highest BCUT2D eigenvalue weighted by atomic mass is 16.5. The number of nitrogens with zero attached hydrogens (tertiary/aromatic N) is 6. The van der Waals surface area contributed by atoms with Crippen molar-refractivity contribution in [3.63, 3.8) is 0 Å². The predicted octanol–water partition coefficient (Wildman–Crippen LogP) is 4.57. The van der Waals surface area contributed by atoms with Gasteiger partial charge in [-0.3, -0.25) is 24.1 Å². The van der Waals surface area contributed by atoms with E-state index in [1.807, 2.05) is 56.0 Å². The summed E-state index contributed by atoms with van der Waals surface area (Å²) in [7, 11) is 5.01. The standard InChI is InChI=1S/C44H72N8O6/c1-11-30(6)41(50(8)44(56)34(28(2)3)26-37(54)40(29(4)5)51-22-19-45-20-23-51)38(57-9)27-39(55)52-21-15-18-35(52)42(58-10)31(7)36(53)25-33(43-46-48-49-47-43)24-32-16-13-12-14-17-32/h12-14,16-17,28-31,33-35,38,40-42,45H,11,15,18-27H2,1-10H3,(H,46,47,48,49)/t30-,31-,33+,34-,35-,38?,40-,41-,42+/m0/s1. The van der Waals surface area contributed by atoms with Gasteiger partial charge in [-0.2, -0.15) is 5.21 Å². The number of Topliss-reactive ketones (excluding diaryl/α,β-unsaturated/α-hetero) is 2. The largest absolute Gasteiger partial charge is 0.379 e. The summed E-state index contributed by atoms with van der Waals surface area (Å²) < 4.78 is 12.2. The zero-order valence-electron chi connectivity index (χ0n) is 36.9. The first kappa shape index (κ1) is 47.1. The number of ketones is 2. The Morgan fingerprint density at radius 2 is 1.59 bits per heavy atom. The number of amides is 2. The van der Waals surface area contributed by atoms with Gasteiger partial charge in [0.25, 0.3) is 0 Å². The van der Waals surface area contributed by atoms with Crippen LogP contribution in [0.4, 0.5) is 0 Å². The van der Waals surface area contributed by atoms with Crippen molar-refractivity contribution < 1.29 is 28.7 Å². The Kier molecular flexibility index (Phi) is 18.4. The predicted molar refractivity (Wildman–Crippen MR) is 224 cm³/mol. The maximum atomic E-state index is 14.5. The average molecular weight is 809 g/mol. The lowest BCUT2D eigenvalue weighted by Gasteiger charge is -2.41. The zero-order chi connectivity index (χ0) is 42.5. The van der Waals surface area contributed by atoms with Crippen LogP contribution in [0.3, 0.4) is 0 Å². The fourth-order valence-corrected chi connectivity index (χ4v) is 9.43. The van der Waals surface area contributed by atoms with Crippen molar-refractivity contribution in [2.75, 3.05) is 54.0 Å². The third-order valence-corrected chi connectivity index (χ3v) is 12.9. The lowest BCUT2D eigenvalue weighted by molar-refractivity contribution is -0.149. The number of tetrazole rings is 1. The Morgan fingerprint density at radius 1 is 0.897 bits per heavy atom. The number of aromatic amines is 1. The molecule has 2 saturated heterocycles. The molecular formula is C44H72N8O6. The molecule has 0 radical (unpaired) electrons. The molecular weight excluding hydrogens is 737 g/mol. The molecule has 9 atom stereocenters. The van der Waals surface area contributed by atoms with Gasteiger partial charge >= 0.3 is 0 Å². The lowest BCUT2D eigenvalue weighted by atomic mass is 9.83. The number of hydrogen-bond donors (Lipinski definition) is 2. The van der Waals surface area contributed by atoms with Crippen LogP contribution in [0.25, 0.3) is 0 Å². The second-order valence-corrected chi connectivity index (χ2v) is 17.4. The molecule has 14 nitrogen and oxygen atoms in total. The van der Waals surface area contributed by atoms with E-state index in [0.29, 0.717) is 25.2 Å². The summed E-state index contributed by atoms with van der Waals surface area (Å²) in [5, 5.41) is 18.1. The maximum Gasteiger partial charge on any atom is 0.226 e. The molecule has 14 heteroatoms. The number of H-pyrrole nitrogens is 1. The van der Waals surface area contributed by atoms with E-state index in [0.717, 1.165) is 44.6 Å². The van der Waals surface area contributed by atoms with E-state index in [9.17, 15) is 19.2 Å². The Bertz CT molecular complexity index is 1570. The fraction of sp³-hybridized carbons (Fsp3) is 0.750. The van der Waals surface area contributed by atoms with Gasteiger partial charge in [-0.1, -0.05) is 90.4 Å². The van der Waals surface area contributed by atoms with E-state index >= 15 is 0 Å². The van der Waals surface area contributed by atoms with E-state index in [4.69, 9.17) is 9.47 Å². The van der Waals surface area contributed by atoms with E-state index in [-0.39, 0.29) is 78.4 Å². The molecule has 1 aromatic carbocycles. The van der Waals surface area contributed by atoms with Crippen molar-refractivity contribution in [2.45, 2.75) is 130 Å². The quantitative estimate of drug-likeness (QED) is 0.162. The lowest BCUT2D eigenvalue weighted by Crippen LogP contribution is -2.55. The minimum absolute atomic E-state index is 0.00876. The number of carbonyl (C=O) groups is 4. The maximum absolute atomic E-state index is 14.5. The van der Waals surface area contributed by atoms with Gasteiger partial charge in [0.15, 0.2) is 11.6 Å². The van der Waals surface area contributed by atoms with Gasteiger partial charge in [0.1, 0.15) is 5.78 Å². The van der Waals surface area contributed by atoms with Gasteiger partial charge in [0, 0.05) is 84.6 Å². The third-order valence-electron chi connectivity index (χ3n) is 12.9. The van der Waals surface area contributed by atoms with Gasteiger partial charge < -0.3 is 24.6 Å². The summed E-state index contributed by atoms with van der Waals surface area (Å²) >= 11 is 0. The van der Waals surface area contributed by atoms with E-state index in [1.165, 1.54) is 0 Å². The number of rotatable bonds is 23. The molecule has 0 bridgehead atoms. The van der Waals surface area contributed by atoms with Gasteiger partial charge in [-0.05, 0) is 42.6 Å². The molecule has 2 fully saturated rings. The minimum atomic E-state index is -0.584. The molecule has 4 rings (SSSR count). The zero-order valence-corrected chi connectivity index (χ0v) is 36.9. The van der Waals surface area contributed by atoms with Crippen LogP contribution < -0.4 is 5.32 Å². The number of likely N-dealkylation sites (N-methyl/N-ethyl adjacent to an activating group) is 1. The van der Waals surface area contributed by atoms with E-state index in [2.05, 4.69) is 58.5 Å². The normalized spacial score (nSPS) is 20.6. The molecule has 1 unspecified atom stereocenters. The molecule has 2 amide bonds. The Labute approximate surface area is 346 Å². The van der Waals surface area contributed by atoms with Crippen LogP contribution in [0.15, 0.2) is 30.3 Å². The van der Waals surface area contributed by atoms with Gasteiger partial charge in [0.2, 0.25) is 11.8 Å². The topological polar surface area (TPSA) is 163 Å². The number of carbonyl (C=O) groups excluding carboxylic acids is 4. The summed E-state index contributed by atoms with van der Waals surface area (Å²) in [4.78, 5) is 62.8. The molecule has 3 heterocycles. The van der Waals surface area contributed by atoms with Crippen LogP contribution in [-0.2, 0) is 35.1 Å². The van der Waals surface area contributed by atoms with E-state index in [1.54, 1.807) is 26.2 Å². The van der Waals surface area contributed by atoms with Crippen LogP contribution >= 0.6 is 0 Å². The number of likely N-dealkylation sites (tertiary alicyclic amines) is 1. The SMILES string of the molecule is CC[C@H](C)[C@@H](C(CC(=O)N1CCC[C@H]1[C@H](OC)[C@@H](C)C(=O)C[C@@H](Cc1ccccc1)c1nn[nH]n1)OC)N(C)C(=O)[C@@H](CC(=O)[C@H](C(C)C)N1CCNCC1)C(C)C. The molecule has 324 valence electrons. The van der Waals surface area contributed by atoms with Crippen molar-refractivity contribution >= 4 is 23.4 Å². The van der Waals surface area contributed by atoms with Crippen LogP contribution in [0.1, 0.15) is 104 Å². The Morgan fingerprint density at radius 3 is 2.16 bits per heavy atom. The molecule has 2 aromatic rings. The number of hydrogen-bond acceptors (Lipinski definition) is 11. The number of benzene rings is 1. The molecule has 0 saturated carbocycles. The third kappa shape index (κ3) is 12.0. The average Bonchev–Trinajstić information content (AvgIpc) is 3.94. The molecule has 2 N–H and O–H groups in total. The molecule has 0 spiro atoms. The van der Waals surface area contributed by atoms with Crippen LogP contribution in [-0.4, -0.2) is 143 Å². The van der Waals surface area contributed by atoms with E-state index < -0.39 is 30.1 Å². The highest BCUT2D eigenvalue weighted by Gasteiger charge is 2.43. The summed E-state index contributed by atoms with van der Waals surface area (Å²) in [6, 6.07) is 9.01. The van der Waals surface area contributed by atoms with Gasteiger partial charge in [0.05, 0.1) is 36.8 Å². The van der Waals surface area contributed by atoms with Crippen LogP contribution in [0.5, 0.6) is 0 Å². The number of aromatic nitrogens is 4. The van der Waals surface area contributed by atoms with Crippen molar-refractivity contribution in [1.29, 1.82) is 0 Å². The smallest absolute Gasteiger partial charge is 0.226 e. The number of nitrogens with one attached hydrogen (secondary N) is 2. The molecule has 2 aliphatic heterocycles. The highest BCUT2D eigenvalue weighted by molar-refractivity contribution is 5.90. The second kappa shape index (κ2) is 22.7. The summed E-state index contributed by atoms with van der Waals surface area (Å²) in [6.45, 7) is 18.1. The molecule has 0 aliphatic carbocycles. The summed E-state index contributed by atoms with van der Waals surface area (Å²) in [5.41, 5.74) is 1.07. The Balaban J connectivity index is 1.48. The van der Waals surface area contributed by atoms with Crippen LogP contribution in [0.2, 0.25) is 0 Å². The molecule has 58 heavy (non-hydrogen) atoms. The van der Waals surface area contributed by atoms with Gasteiger partial charge in [-0.15, -0.1) is 10.2 Å². The Hall–Kier alpha value is -3.59.